The number of aryl methyl sites for hydroxylation is 1. The molecule has 0 saturated heterocycles. The number of hydrogen-bond donors (Lipinski definition) is 0. The minimum absolute atomic E-state index is 0.736. The Hall–Kier alpha value is -1.64. The maximum Gasteiger partial charge on any atom is 0.158 e. The van der Waals surface area contributed by atoms with Gasteiger partial charge in [0.25, 0.3) is 0 Å². The van der Waals surface area contributed by atoms with Crippen LogP contribution in [0, 0.1) is 6.92 Å². The highest BCUT2D eigenvalue weighted by Gasteiger charge is 2.03. The van der Waals surface area contributed by atoms with Crippen LogP contribution < -0.4 is 0 Å². The van der Waals surface area contributed by atoms with E-state index >= 15 is 0 Å². The first-order valence-corrected chi connectivity index (χ1v) is 4.59. The molecule has 72 valence electrons. The molecule has 0 bridgehead atoms. The fourth-order valence-corrected chi connectivity index (χ4v) is 1.45. The Morgan fingerprint density at radius 2 is 2.29 bits per heavy atom. The maximum absolute atomic E-state index is 4.35. The van der Waals surface area contributed by atoms with Crippen LogP contribution in [0.4, 0.5) is 0 Å². The Balaban J connectivity index is 2.52. The zero-order valence-corrected chi connectivity index (χ0v) is 8.49. The van der Waals surface area contributed by atoms with Crippen LogP contribution in [0.15, 0.2) is 30.6 Å². The van der Waals surface area contributed by atoms with Gasteiger partial charge in [-0.2, -0.15) is 5.10 Å². The summed E-state index contributed by atoms with van der Waals surface area (Å²) in [6.45, 7) is 8.62. The van der Waals surface area contributed by atoms with Gasteiger partial charge in [-0.3, -0.25) is 0 Å². The van der Waals surface area contributed by atoms with E-state index < -0.39 is 0 Å². The van der Waals surface area contributed by atoms with Crippen molar-refractivity contribution in [1.29, 1.82) is 0 Å². The van der Waals surface area contributed by atoms with E-state index in [-0.39, 0.29) is 0 Å². The molecule has 0 radical (unpaired) electrons. The SMILES string of the molecule is C=C(C)Cn1ncc2cc(C)cnc21. The molecule has 0 amide bonds. The molecule has 0 spiro atoms. The van der Waals surface area contributed by atoms with Crippen LogP contribution in [0.25, 0.3) is 11.0 Å². The molecule has 0 saturated carbocycles. The lowest BCUT2D eigenvalue weighted by atomic mass is 10.2. The Labute approximate surface area is 83.1 Å². The van der Waals surface area contributed by atoms with Gasteiger partial charge in [0.05, 0.1) is 12.7 Å². The molecule has 0 aliphatic heterocycles. The van der Waals surface area contributed by atoms with E-state index in [1.807, 2.05) is 30.9 Å². The summed E-state index contributed by atoms with van der Waals surface area (Å²) in [4.78, 5) is 4.35. The van der Waals surface area contributed by atoms with Crippen LogP contribution in [0.1, 0.15) is 12.5 Å². The molecule has 0 N–H and O–H groups in total. The number of hydrogen-bond acceptors (Lipinski definition) is 2. The predicted molar refractivity (Wildman–Crippen MR) is 57.1 cm³/mol. The van der Waals surface area contributed by atoms with Crippen molar-refractivity contribution < 1.29 is 0 Å². The summed E-state index contributed by atoms with van der Waals surface area (Å²) in [6, 6.07) is 2.09. The molecule has 0 atom stereocenters. The van der Waals surface area contributed by atoms with Crippen molar-refractivity contribution in [3.05, 3.63) is 36.2 Å². The number of allylic oxidation sites excluding steroid dienone is 1. The Kier molecular flexibility index (Phi) is 2.08. The van der Waals surface area contributed by atoms with Gasteiger partial charge in [0.15, 0.2) is 5.65 Å². The summed E-state index contributed by atoms with van der Waals surface area (Å²) in [5.74, 6) is 0. The fraction of sp³-hybridized carbons (Fsp3) is 0.273. The van der Waals surface area contributed by atoms with Crippen molar-refractivity contribution in [1.82, 2.24) is 14.8 Å². The van der Waals surface area contributed by atoms with Crippen LogP contribution >= 0.6 is 0 Å². The summed E-state index contributed by atoms with van der Waals surface area (Å²) in [5.41, 5.74) is 3.17. The summed E-state index contributed by atoms with van der Waals surface area (Å²) in [5, 5.41) is 5.36. The number of nitrogens with zero attached hydrogens (tertiary/aromatic N) is 3. The second-order valence-corrected chi connectivity index (χ2v) is 3.68. The monoisotopic (exact) mass is 187 g/mol. The van der Waals surface area contributed by atoms with Crippen LogP contribution in [0.5, 0.6) is 0 Å². The van der Waals surface area contributed by atoms with E-state index in [2.05, 4.69) is 22.7 Å². The average molecular weight is 187 g/mol. The normalized spacial score (nSPS) is 10.7. The summed E-state index contributed by atoms with van der Waals surface area (Å²) >= 11 is 0. The third-order valence-electron chi connectivity index (χ3n) is 2.03. The molecule has 2 heterocycles. The number of rotatable bonds is 2. The van der Waals surface area contributed by atoms with Crippen molar-refractivity contribution >= 4 is 11.0 Å². The molecule has 0 aliphatic rings. The van der Waals surface area contributed by atoms with Gasteiger partial charge < -0.3 is 0 Å². The van der Waals surface area contributed by atoms with Gasteiger partial charge in [-0.15, -0.1) is 0 Å². The topological polar surface area (TPSA) is 30.7 Å². The van der Waals surface area contributed by atoms with E-state index in [9.17, 15) is 0 Å². The Morgan fingerprint density at radius 1 is 1.50 bits per heavy atom. The molecule has 2 aromatic rings. The van der Waals surface area contributed by atoms with Gasteiger partial charge in [0.2, 0.25) is 0 Å². The highest BCUT2D eigenvalue weighted by atomic mass is 15.3. The minimum atomic E-state index is 0.736. The second kappa shape index (κ2) is 3.25. The van der Waals surface area contributed by atoms with Gasteiger partial charge in [-0.25, -0.2) is 9.67 Å². The van der Waals surface area contributed by atoms with Crippen molar-refractivity contribution in [2.45, 2.75) is 20.4 Å². The molecular weight excluding hydrogens is 174 g/mol. The molecule has 0 unspecified atom stereocenters. The number of aromatic nitrogens is 3. The standard InChI is InChI=1S/C11H13N3/c1-8(2)7-14-11-10(6-13-14)4-9(3)5-12-11/h4-6H,1,7H2,2-3H3. The minimum Gasteiger partial charge on any atom is -0.243 e. The predicted octanol–water partition coefficient (Wildman–Crippen LogP) is 2.32. The fourth-order valence-electron chi connectivity index (χ4n) is 1.45. The van der Waals surface area contributed by atoms with Crippen molar-refractivity contribution in [2.75, 3.05) is 0 Å². The van der Waals surface area contributed by atoms with E-state index in [1.54, 1.807) is 0 Å². The first kappa shape index (κ1) is 8.94. The lowest BCUT2D eigenvalue weighted by Crippen LogP contribution is -2.01. The van der Waals surface area contributed by atoms with E-state index in [0.717, 1.165) is 28.7 Å². The summed E-state index contributed by atoms with van der Waals surface area (Å²) in [7, 11) is 0. The molecule has 3 heteroatoms. The smallest absolute Gasteiger partial charge is 0.158 e. The average Bonchev–Trinajstić information content (AvgIpc) is 2.47. The molecule has 0 aliphatic carbocycles. The molecule has 2 rings (SSSR count). The van der Waals surface area contributed by atoms with E-state index in [4.69, 9.17) is 0 Å². The largest absolute Gasteiger partial charge is 0.243 e. The molecular formula is C11H13N3. The van der Waals surface area contributed by atoms with Gasteiger partial charge in [0.1, 0.15) is 0 Å². The van der Waals surface area contributed by atoms with Crippen LogP contribution in [0.3, 0.4) is 0 Å². The zero-order valence-electron chi connectivity index (χ0n) is 8.49. The van der Waals surface area contributed by atoms with E-state index in [0.29, 0.717) is 0 Å². The summed E-state index contributed by atoms with van der Waals surface area (Å²) < 4.78 is 1.87. The third kappa shape index (κ3) is 1.53. The van der Waals surface area contributed by atoms with Crippen molar-refractivity contribution in [3.63, 3.8) is 0 Å². The van der Waals surface area contributed by atoms with Crippen molar-refractivity contribution in [2.24, 2.45) is 0 Å². The van der Waals surface area contributed by atoms with Gasteiger partial charge >= 0.3 is 0 Å². The van der Waals surface area contributed by atoms with E-state index in [1.165, 1.54) is 0 Å². The maximum atomic E-state index is 4.35. The summed E-state index contributed by atoms with van der Waals surface area (Å²) in [6.07, 6.45) is 3.71. The van der Waals surface area contributed by atoms with Crippen LogP contribution in [0.2, 0.25) is 0 Å². The molecule has 0 fully saturated rings. The Morgan fingerprint density at radius 3 is 3.00 bits per heavy atom. The quantitative estimate of drug-likeness (QED) is 0.675. The van der Waals surface area contributed by atoms with Gasteiger partial charge in [-0.05, 0) is 25.5 Å². The van der Waals surface area contributed by atoms with Gasteiger partial charge in [0, 0.05) is 11.6 Å². The van der Waals surface area contributed by atoms with Crippen molar-refractivity contribution in [3.8, 4) is 0 Å². The molecule has 3 nitrogen and oxygen atoms in total. The molecule has 0 aromatic carbocycles. The third-order valence-corrected chi connectivity index (χ3v) is 2.03. The first-order chi connectivity index (χ1) is 6.66. The number of pyridine rings is 1. The zero-order chi connectivity index (χ0) is 10.1. The Bertz CT molecular complexity index is 482. The highest BCUT2D eigenvalue weighted by molar-refractivity contribution is 5.74. The molecule has 2 aromatic heterocycles. The molecule has 14 heavy (non-hydrogen) atoms. The highest BCUT2D eigenvalue weighted by Crippen LogP contribution is 2.12. The first-order valence-electron chi connectivity index (χ1n) is 4.59. The number of fused-ring (bicyclic) bond motifs is 1. The van der Waals surface area contributed by atoms with Gasteiger partial charge in [-0.1, -0.05) is 12.2 Å². The second-order valence-electron chi connectivity index (χ2n) is 3.68. The lowest BCUT2D eigenvalue weighted by Gasteiger charge is -2.01. The lowest BCUT2D eigenvalue weighted by molar-refractivity contribution is 0.696. The van der Waals surface area contributed by atoms with Crippen LogP contribution in [-0.4, -0.2) is 14.8 Å². The van der Waals surface area contributed by atoms with Crippen LogP contribution in [-0.2, 0) is 6.54 Å².